The van der Waals surface area contributed by atoms with Crippen molar-refractivity contribution in [2.24, 2.45) is 10.2 Å². The van der Waals surface area contributed by atoms with Crippen LogP contribution in [0.3, 0.4) is 0 Å². The highest BCUT2D eigenvalue weighted by Crippen LogP contribution is 2.37. The van der Waals surface area contributed by atoms with Crippen molar-refractivity contribution in [2.45, 2.75) is 19.3 Å². The summed E-state index contributed by atoms with van der Waals surface area (Å²) in [5.41, 5.74) is 4.07. The molecule has 2 N–H and O–H groups in total. The zero-order chi connectivity index (χ0) is 21.0. The Balaban J connectivity index is 1.61. The van der Waals surface area contributed by atoms with E-state index in [1.165, 1.54) is 6.07 Å². The SMILES string of the molecule is O=C1Nc2c(cc(Br)cc2[N+](=O)[O-])C1=NN=C1CCCc2c1[nH]c1ccc(Cl)cc21. The number of halogens is 2. The van der Waals surface area contributed by atoms with E-state index in [1.54, 1.807) is 6.07 Å². The molecule has 0 bridgehead atoms. The number of benzene rings is 2. The van der Waals surface area contributed by atoms with Crippen molar-refractivity contribution < 1.29 is 9.72 Å². The van der Waals surface area contributed by atoms with E-state index in [9.17, 15) is 14.9 Å². The first kappa shape index (κ1) is 19.0. The van der Waals surface area contributed by atoms with E-state index in [2.05, 4.69) is 36.4 Å². The maximum Gasteiger partial charge on any atom is 0.294 e. The molecule has 0 fully saturated rings. The van der Waals surface area contributed by atoms with Crippen LogP contribution in [0.5, 0.6) is 0 Å². The Labute approximate surface area is 183 Å². The van der Waals surface area contributed by atoms with Gasteiger partial charge in [-0.05, 0) is 49.1 Å². The van der Waals surface area contributed by atoms with E-state index in [1.807, 2.05) is 18.2 Å². The monoisotopic (exact) mass is 485 g/mol. The van der Waals surface area contributed by atoms with Crippen molar-refractivity contribution in [1.29, 1.82) is 0 Å². The molecule has 150 valence electrons. The molecule has 0 unspecified atom stereocenters. The van der Waals surface area contributed by atoms with Gasteiger partial charge in [-0.25, -0.2) is 0 Å². The second-order valence-corrected chi connectivity index (χ2v) is 8.43. The van der Waals surface area contributed by atoms with Crippen molar-refractivity contribution in [3.63, 3.8) is 0 Å². The Morgan fingerprint density at radius 1 is 1.17 bits per heavy atom. The van der Waals surface area contributed by atoms with Crippen LogP contribution in [0.25, 0.3) is 10.9 Å². The van der Waals surface area contributed by atoms with Crippen molar-refractivity contribution in [3.05, 3.63) is 66.8 Å². The van der Waals surface area contributed by atoms with Crippen LogP contribution in [0.15, 0.2) is 45.0 Å². The number of carbonyl (C=O) groups excluding carboxylic acids is 1. The van der Waals surface area contributed by atoms with Gasteiger partial charge in [0.2, 0.25) is 0 Å². The lowest BCUT2D eigenvalue weighted by molar-refractivity contribution is -0.384. The summed E-state index contributed by atoms with van der Waals surface area (Å²) in [5.74, 6) is -0.519. The lowest BCUT2D eigenvalue weighted by Gasteiger charge is -2.13. The molecule has 1 aromatic heterocycles. The Bertz CT molecular complexity index is 1330. The molecule has 30 heavy (non-hydrogen) atoms. The van der Waals surface area contributed by atoms with Gasteiger partial charge in [0.1, 0.15) is 5.69 Å². The number of aromatic nitrogens is 1. The minimum absolute atomic E-state index is 0.0492. The fourth-order valence-electron chi connectivity index (χ4n) is 3.94. The van der Waals surface area contributed by atoms with Gasteiger partial charge in [0, 0.05) is 32.0 Å². The standard InChI is InChI=1S/C20H13BrClN5O3/c21-9-6-13-18(16(7-9)27(29)30)24-20(28)19(13)26-25-15-3-1-2-11-12-8-10(22)4-5-14(12)23-17(11)15/h4-8,23H,1-3H2,(H,24,26,28). The molecule has 3 aromatic rings. The molecule has 1 aliphatic heterocycles. The molecule has 10 heteroatoms. The molecule has 1 aliphatic carbocycles. The molecule has 8 nitrogen and oxygen atoms in total. The van der Waals surface area contributed by atoms with E-state index in [0.29, 0.717) is 21.5 Å². The first-order valence-electron chi connectivity index (χ1n) is 9.17. The summed E-state index contributed by atoms with van der Waals surface area (Å²) in [6.45, 7) is 0. The summed E-state index contributed by atoms with van der Waals surface area (Å²) >= 11 is 9.41. The van der Waals surface area contributed by atoms with E-state index in [-0.39, 0.29) is 17.1 Å². The number of nitro groups is 1. The van der Waals surface area contributed by atoms with Crippen LogP contribution < -0.4 is 5.32 Å². The number of anilines is 1. The van der Waals surface area contributed by atoms with Crippen molar-refractivity contribution in [1.82, 2.24) is 4.98 Å². The summed E-state index contributed by atoms with van der Waals surface area (Å²) in [5, 5.41) is 24.2. The summed E-state index contributed by atoms with van der Waals surface area (Å²) in [4.78, 5) is 26.6. The van der Waals surface area contributed by atoms with Crippen molar-refractivity contribution in [3.8, 4) is 0 Å². The molecule has 5 rings (SSSR count). The third kappa shape index (κ3) is 3.01. The zero-order valence-corrected chi connectivity index (χ0v) is 17.7. The fraction of sp³-hybridized carbons (Fsp3) is 0.150. The number of aryl methyl sites for hydroxylation is 1. The number of amides is 1. The molecule has 2 aliphatic rings. The molecule has 0 spiro atoms. The Morgan fingerprint density at radius 2 is 2.00 bits per heavy atom. The van der Waals surface area contributed by atoms with Gasteiger partial charge in [0.05, 0.1) is 16.3 Å². The minimum atomic E-state index is -0.540. The number of nitrogens with zero attached hydrogens (tertiary/aromatic N) is 3. The smallest absolute Gasteiger partial charge is 0.294 e. The summed E-state index contributed by atoms with van der Waals surface area (Å²) in [6.07, 6.45) is 2.50. The largest absolute Gasteiger partial charge is 0.353 e. The fourth-order valence-corrected chi connectivity index (χ4v) is 4.56. The second-order valence-electron chi connectivity index (χ2n) is 7.08. The Kier molecular flexibility index (Phi) is 4.44. The summed E-state index contributed by atoms with van der Waals surface area (Å²) < 4.78 is 0.484. The predicted molar refractivity (Wildman–Crippen MR) is 119 cm³/mol. The normalized spacial score (nSPS) is 18.0. The second kappa shape index (κ2) is 7.03. The van der Waals surface area contributed by atoms with E-state index >= 15 is 0 Å². The van der Waals surface area contributed by atoms with Crippen LogP contribution in [0.2, 0.25) is 5.02 Å². The highest BCUT2D eigenvalue weighted by molar-refractivity contribution is 9.10. The number of H-pyrrole nitrogens is 1. The first-order chi connectivity index (χ1) is 14.4. The molecular weight excluding hydrogens is 474 g/mol. The number of hydrogen-bond acceptors (Lipinski definition) is 5. The number of aromatic amines is 1. The topological polar surface area (TPSA) is 113 Å². The lowest BCUT2D eigenvalue weighted by atomic mass is 9.94. The maximum absolute atomic E-state index is 12.4. The van der Waals surface area contributed by atoms with Gasteiger partial charge < -0.3 is 10.3 Å². The lowest BCUT2D eigenvalue weighted by Crippen LogP contribution is -2.15. The number of rotatable bonds is 2. The highest BCUT2D eigenvalue weighted by atomic mass is 79.9. The maximum atomic E-state index is 12.4. The van der Waals surface area contributed by atoms with Crippen molar-refractivity contribution in [2.75, 3.05) is 5.32 Å². The van der Waals surface area contributed by atoms with Gasteiger partial charge in [-0.3, -0.25) is 14.9 Å². The van der Waals surface area contributed by atoms with Gasteiger partial charge in [-0.2, -0.15) is 5.10 Å². The molecule has 0 atom stereocenters. The van der Waals surface area contributed by atoms with Gasteiger partial charge in [-0.15, -0.1) is 5.10 Å². The highest BCUT2D eigenvalue weighted by Gasteiger charge is 2.33. The molecule has 0 radical (unpaired) electrons. The minimum Gasteiger partial charge on any atom is -0.353 e. The van der Waals surface area contributed by atoms with E-state index < -0.39 is 10.8 Å². The molecule has 2 heterocycles. The molecule has 0 saturated carbocycles. The average Bonchev–Trinajstić information content (AvgIpc) is 3.23. The van der Waals surface area contributed by atoms with Gasteiger partial charge in [0.15, 0.2) is 5.71 Å². The number of carbonyl (C=O) groups is 1. The first-order valence-corrected chi connectivity index (χ1v) is 10.3. The molecular formula is C20H13BrClN5O3. The number of nitrogens with one attached hydrogen (secondary N) is 2. The molecule has 2 aromatic carbocycles. The van der Waals surface area contributed by atoms with E-state index in [0.717, 1.165) is 40.7 Å². The zero-order valence-electron chi connectivity index (χ0n) is 15.3. The molecule has 1 amide bonds. The van der Waals surface area contributed by atoms with Gasteiger partial charge >= 0.3 is 0 Å². The Hall–Kier alpha value is -3.04. The Morgan fingerprint density at radius 3 is 2.80 bits per heavy atom. The van der Waals surface area contributed by atoms with Crippen LogP contribution in [-0.2, 0) is 11.2 Å². The van der Waals surface area contributed by atoms with E-state index in [4.69, 9.17) is 11.6 Å². The number of fused-ring (bicyclic) bond motifs is 4. The molecule has 0 saturated heterocycles. The van der Waals surface area contributed by atoms with Gasteiger partial charge in [-0.1, -0.05) is 27.5 Å². The average molecular weight is 487 g/mol. The third-order valence-corrected chi connectivity index (χ3v) is 5.95. The van der Waals surface area contributed by atoms with Crippen LogP contribution in [0, 0.1) is 10.1 Å². The predicted octanol–water partition coefficient (Wildman–Crippen LogP) is 4.97. The van der Waals surface area contributed by atoms with Crippen LogP contribution in [0.4, 0.5) is 11.4 Å². The number of hydrogen-bond donors (Lipinski definition) is 2. The third-order valence-electron chi connectivity index (χ3n) is 5.26. The van der Waals surface area contributed by atoms with Gasteiger partial charge in [0.25, 0.3) is 11.6 Å². The number of nitro benzene ring substituents is 1. The van der Waals surface area contributed by atoms with Crippen molar-refractivity contribution >= 4 is 67.1 Å². The van der Waals surface area contributed by atoms with Crippen LogP contribution >= 0.6 is 27.5 Å². The van der Waals surface area contributed by atoms with Crippen LogP contribution in [-0.4, -0.2) is 27.2 Å². The van der Waals surface area contributed by atoms with Crippen LogP contribution in [0.1, 0.15) is 29.7 Å². The quantitative estimate of drug-likeness (QED) is 0.393. The summed E-state index contributed by atoms with van der Waals surface area (Å²) in [7, 11) is 0. The summed E-state index contributed by atoms with van der Waals surface area (Å²) in [6, 6.07) is 8.65.